The lowest BCUT2D eigenvalue weighted by molar-refractivity contribution is -0.128. The summed E-state index contributed by atoms with van der Waals surface area (Å²) in [7, 11) is -1.48. The van der Waals surface area contributed by atoms with Crippen LogP contribution in [0.2, 0.25) is 0 Å². The highest BCUT2D eigenvalue weighted by Crippen LogP contribution is 2.27. The molecule has 10 nitrogen and oxygen atoms in total. The molecule has 186 valence electrons. The van der Waals surface area contributed by atoms with E-state index in [1.54, 1.807) is 31.3 Å². The van der Waals surface area contributed by atoms with Crippen LogP contribution in [0.3, 0.4) is 0 Å². The molecule has 1 atom stereocenters. The zero-order valence-electron chi connectivity index (χ0n) is 19.4. The predicted octanol–water partition coefficient (Wildman–Crippen LogP) is 2.23. The highest BCUT2D eigenvalue weighted by molar-refractivity contribution is 7.99. The monoisotopic (exact) mass is 525 g/mol. The normalized spacial score (nSPS) is 16.9. The van der Waals surface area contributed by atoms with E-state index < -0.39 is 9.84 Å². The van der Waals surface area contributed by atoms with Gasteiger partial charge in [0.2, 0.25) is 5.91 Å². The Bertz CT molecular complexity index is 1580. The first-order chi connectivity index (χ1) is 17.3. The van der Waals surface area contributed by atoms with Gasteiger partial charge < -0.3 is 9.32 Å². The standard InChI is InChI=1S/C24H23N5O5S2/c1-28(17-11-12-36(32,33)15-17)20(30)14-35-24-26-25-22(34-24)21-18-9-5-6-10-19(18)23(31)29(27-21)13-16-7-3-2-4-8-16/h2-10,17H,11-15H2,1H3/t17-/m0/s1. The van der Waals surface area contributed by atoms with Gasteiger partial charge in [0.15, 0.2) is 15.5 Å². The van der Waals surface area contributed by atoms with Crippen molar-refractivity contribution in [3.63, 3.8) is 0 Å². The van der Waals surface area contributed by atoms with E-state index >= 15 is 0 Å². The van der Waals surface area contributed by atoms with Crippen LogP contribution < -0.4 is 5.56 Å². The highest BCUT2D eigenvalue weighted by Gasteiger charge is 2.32. The third kappa shape index (κ3) is 5.05. The Morgan fingerprint density at radius 1 is 1.11 bits per heavy atom. The number of carbonyl (C=O) groups is 1. The van der Waals surface area contributed by atoms with Crippen molar-refractivity contribution >= 4 is 38.3 Å². The van der Waals surface area contributed by atoms with E-state index in [0.717, 1.165) is 17.3 Å². The van der Waals surface area contributed by atoms with Crippen molar-refractivity contribution in [2.45, 2.75) is 24.2 Å². The fraction of sp³-hybridized carbons (Fsp3) is 0.292. The summed E-state index contributed by atoms with van der Waals surface area (Å²) < 4.78 is 30.6. The molecule has 4 aromatic rings. The molecule has 3 heterocycles. The molecule has 2 aromatic carbocycles. The van der Waals surface area contributed by atoms with Crippen LogP contribution in [-0.4, -0.2) is 69.6 Å². The van der Waals surface area contributed by atoms with Crippen molar-refractivity contribution in [3.8, 4) is 11.6 Å². The zero-order valence-corrected chi connectivity index (χ0v) is 21.0. The van der Waals surface area contributed by atoms with Gasteiger partial charge in [-0.3, -0.25) is 9.59 Å². The van der Waals surface area contributed by atoms with Gasteiger partial charge in [0.1, 0.15) is 0 Å². The first-order valence-corrected chi connectivity index (χ1v) is 14.1. The number of nitrogens with zero attached hydrogens (tertiary/aromatic N) is 5. The maximum atomic E-state index is 13.1. The Balaban J connectivity index is 1.37. The van der Waals surface area contributed by atoms with E-state index in [1.165, 1.54) is 9.58 Å². The van der Waals surface area contributed by atoms with E-state index in [0.29, 0.717) is 22.9 Å². The van der Waals surface area contributed by atoms with Gasteiger partial charge in [0.05, 0.1) is 29.2 Å². The fourth-order valence-corrected chi connectivity index (χ4v) is 6.59. The van der Waals surface area contributed by atoms with Gasteiger partial charge in [0.25, 0.3) is 16.7 Å². The molecular formula is C24H23N5O5S2. The van der Waals surface area contributed by atoms with E-state index in [-0.39, 0.29) is 52.4 Å². The summed E-state index contributed by atoms with van der Waals surface area (Å²) in [5.41, 5.74) is 1.07. The second kappa shape index (κ2) is 9.86. The number of thioether (sulfide) groups is 1. The molecule has 1 amide bonds. The third-order valence-electron chi connectivity index (χ3n) is 6.12. The summed E-state index contributed by atoms with van der Waals surface area (Å²) >= 11 is 1.07. The number of hydrogen-bond donors (Lipinski definition) is 0. The molecule has 1 aliphatic rings. The van der Waals surface area contributed by atoms with Crippen molar-refractivity contribution in [3.05, 3.63) is 70.5 Å². The highest BCUT2D eigenvalue weighted by atomic mass is 32.2. The second-order valence-electron chi connectivity index (χ2n) is 8.57. The molecule has 1 saturated heterocycles. The van der Waals surface area contributed by atoms with Crippen molar-refractivity contribution in [1.29, 1.82) is 0 Å². The average molecular weight is 526 g/mol. The molecule has 0 bridgehead atoms. The van der Waals surface area contributed by atoms with Crippen LogP contribution in [0.15, 0.2) is 69.0 Å². The lowest BCUT2D eigenvalue weighted by Crippen LogP contribution is -2.38. The van der Waals surface area contributed by atoms with Gasteiger partial charge in [-0.1, -0.05) is 60.3 Å². The summed E-state index contributed by atoms with van der Waals surface area (Å²) in [6.45, 7) is 0.283. The SMILES string of the molecule is CN(C(=O)CSc1nnc(-c2nn(Cc3ccccc3)c(=O)c3ccccc23)o1)[C@H]1CCS(=O)(=O)C1. The summed E-state index contributed by atoms with van der Waals surface area (Å²) in [5.74, 6) is 0.0290. The third-order valence-corrected chi connectivity index (χ3v) is 8.67. The maximum Gasteiger partial charge on any atom is 0.277 e. The van der Waals surface area contributed by atoms with Gasteiger partial charge in [-0.25, -0.2) is 13.1 Å². The van der Waals surface area contributed by atoms with Gasteiger partial charge in [-0.2, -0.15) is 5.10 Å². The number of rotatable bonds is 7. The molecule has 1 aliphatic heterocycles. The molecule has 0 saturated carbocycles. The Hall–Kier alpha value is -3.51. The first-order valence-electron chi connectivity index (χ1n) is 11.3. The van der Waals surface area contributed by atoms with Crippen molar-refractivity contribution < 1.29 is 17.6 Å². The van der Waals surface area contributed by atoms with E-state index in [2.05, 4.69) is 15.3 Å². The van der Waals surface area contributed by atoms with Crippen LogP contribution in [0.5, 0.6) is 0 Å². The van der Waals surface area contributed by atoms with Crippen molar-refractivity contribution in [2.24, 2.45) is 0 Å². The second-order valence-corrected chi connectivity index (χ2v) is 11.7. The van der Waals surface area contributed by atoms with Crippen LogP contribution in [0.1, 0.15) is 12.0 Å². The molecule has 1 fully saturated rings. The molecule has 12 heteroatoms. The molecule has 36 heavy (non-hydrogen) atoms. The van der Waals surface area contributed by atoms with Crippen molar-refractivity contribution in [1.82, 2.24) is 24.9 Å². The molecular weight excluding hydrogens is 502 g/mol. The minimum absolute atomic E-state index is 0.0119. The molecule has 2 aromatic heterocycles. The number of hydrogen-bond acceptors (Lipinski definition) is 9. The quantitative estimate of drug-likeness (QED) is 0.334. The summed E-state index contributed by atoms with van der Waals surface area (Å²) in [4.78, 5) is 27.1. The summed E-state index contributed by atoms with van der Waals surface area (Å²) in [6.07, 6.45) is 0.442. The Kier molecular flexibility index (Phi) is 6.63. The number of sulfone groups is 1. The Morgan fingerprint density at radius 3 is 2.56 bits per heavy atom. The molecule has 0 spiro atoms. The number of benzene rings is 2. The Morgan fingerprint density at radius 2 is 1.83 bits per heavy atom. The zero-order chi connectivity index (χ0) is 25.3. The summed E-state index contributed by atoms with van der Waals surface area (Å²) in [5, 5.41) is 13.9. The number of amides is 1. The lowest BCUT2D eigenvalue weighted by atomic mass is 10.1. The molecule has 0 N–H and O–H groups in total. The topological polar surface area (TPSA) is 128 Å². The summed E-state index contributed by atoms with van der Waals surface area (Å²) in [6, 6.07) is 16.3. The number of carbonyl (C=O) groups excluding carboxylic acids is 1. The predicted molar refractivity (Wildman–Crippen MR) is 135 cm³/mol. The average Bonchev–Trinajstić information content (AvgIpc) is 3.50. The van der Waals surface area contributed by atoms with Gasteiger partial charge in [-0.15, -0.1) is 10.2 Å². The number of fused-ring (bicyclic) bond motifs is 1. The van der Waals surface area contributed by atoms with Crippen LogP contribution in [0.25, 0.3) is 22.4 Å². The van der Waals surface area contributed by atoms with Gasteiger partial charge in [0, 0.05) is 18.5 Å². The van der Waals surface area contributed by atoms with Crippen molar-refractivity contribution in [2.75, 3.05) is 24.3 Å². The smallest absolute Gasteiger partial charge is 0.277 e. The van der Waals surface area contributed by atoms with Crippen LogP contribution in [0.4, 0.5) is 0 Å². The van der Waals surface area contributed by atoms with Gasteiger partial charge in [-0.05, 0) is 18.1 Å². The number of aromatic nitrogens is 4. The minimum Gasteiger partial charge on any atom is -0.409 e. The maximum absolute atomic E-state index is 13.1. The molecule has 0 radical (unpaired) electrons. The molecule has 0 aliphatic carbocycles. The van der Waals surface area contributed by atoms with Crippen LogP contribution in [-0.2, 0) is 21.2 Å². The van der Waals surface area contributed by atoms with Gasteiger partial charge >= 0.3 is 0 Å². The molecule has 0 unspecified atom stereocenters. The largest absolute Gasteiger partial charge is 0.409 e. The lowest BCUT2D eigenvalue weighted by Gasteiger charge is -2.22. The van der Waals surface area contributed by atoms with Crippen LogP contribution in [0, 0.1) is 0 Å². The molecule has 5 rings (SSSR count). The first kappa shape index (κ1) is 24.2. The van der Waals surface area contributed by atoms with E-state index in [1.807, 2.05) is 30.3 Å². The fourth-order valence-electron chi connectivity index (χ4n) is 4.13. The Labute approximate surface area is 211 Å². The van der Waals surface area contributed by atoms with Crippen LogP contribution >= 0.6 is 11.8 Å². The van der Waals surface area contributed by atoms with E-state index in [4.69, 9.17) is 4.42 Å². The minimum atomic E-state index is -3.09. The van der Waals surface area contributed by atoms with E-state index in [9.17, 15) is 18.0 Å².